The van der Waals surface area contributed by atoms with Gasteiger partial charge in [-0.25, -0.2) is 4.79 Å². The maximum atomic E-state index is 12.0. The van der Waals surface area contributed by atoms with E-state index in [1.165, 1.54) is 0 Å². The first-order valence-electron chi connectivity index (χ1n) is 6.61. The Morgan fingerprint density at radius 2 is 2.13 bits per heavy atom. The van der Waals surface area contributed by atoms with Gasteiger partial charge in [0, 0.05) is 6.20 Å². The number of aromatic amines is 1. The summed E-state index contributed by atoms with van der Waals surface area (Å²) in [4.78, 5) is 29.4. The van der Waals surface area contributed by atoms with Crippen molar-refractivity contribution in [3.8, 4) is 0 Å². The van der Waals surface area contributed by atoms with Crippen LogP contribution in [0.15, 0.2) is 11.0 Å². The maximum absolute atomic E-state index is 12.0. The second-order valence-electron chi connectivity index (χ2n) is 5.13. The minimum atomic E-state index is -1.45. The van der Waals surface area contributed by atoms with Crippen molar-refractivity contribution in [2.75, 3.05) is 12.3 Å². The van der Waals surface area contributed by atoms with Crippen molar-refractivity contribution >= 4 is 23.0 Å². The summed E-state index contributed by atoms with van der Waals surface area (Å²) in [7, 11) is 0. The maximum Gasteiger partial charge on any atom is 0.338 e. The number of anilines is 1. The molecule has 0 amide bonds. The number of nitrogens with two attached hydrogens (primary N) is 1. The summed E-state index contributed by atoms with van der Waals surface area (Å²) in [5.41, 5.74) is 4.25. The van der Waals surface area contributed by atoms with Crippen LogP contribution in [0.2, 0.25) is 0 Å². The fourth-order valence-electron chi connectivity index (χ4n) is 2.64. The number of ether oxygens (including phenoxy) is 1. The van der Waals surface area contributed by atoms with Crippen molar-refractivity contribution in [3.05, 3.63) is 22.1 Å². The summed E-state index contributed by atoms with van der Waals surface area (Å²) in [6, 6.07) is 0. The Morgan fingerprint density at radius 3 is 2.70 bits per heavy atom. The number of aromatic carboxylic acids is 1. The lowest BCUT2D eigenvalue weighted by atomic mass is 10.1. The lowest BCUT2D eigenvalue weighted by molar-refractivity contribution is -0.0509. The molecule has 0 unspecified atom stereocenters. The van der Waals surface area contributed by atoms with Crippen molar-refractivity contribution in [1.82, 2.24) is 14.5 Å². The van der Waals surface area contributed by atoms with E-state index >= 15 is 0 Å². The van der Waals surface area contributed by atoms with E-state index in [1.807, 2.05) is 0 Å². The Bertz CT molecular complexity index is 829. The zero-order valence-corrected chi connectivity index (χ0v) is 11.6. The number of hydrogen-bond acceptors (Lipinski definition) is 8. The van der Waals surface area contributed by atoms with Crippen molar-refractivity contribution in [3.63, 3.8) is 0 Å². The van der Waals surface area contributed by atoms with E-state index in [1.54, 1.807) is 0 Å². The van der Waals surface area contributed by atoms with Crippen LogP contribution in [0.4, 0.5) is 5.95 Å². The van der Waals surface area contributed by atoms with E-state index in [4.69, 9.17) is 15.6 Å². The highest BCUT2D eigenvalue weighted by atomic mass is 16.6. The number of rotatable bonds is 3. The fraction of sp³-hybridized carbons (Fsp3) is 0.417. The highest BCUT2D eigenvalue weighted by Crippen LogP contribution is 2.32. The van der Waals surface area contributed by atoms with Crippen LogP contribution in [0.1, 0.15) is 16.6 Å². The normalized spacial score (nSPS) is 27.6. The molecule has 0 spiro atoms. The van der Waals surface area contributed by atoms with Gasteiger partial charge in [-0.2, -0.15) is 4.98 Å². The molecule has 3 rings (SSSR count). The van der Waals surface area contributed by atoms with Gasteiger partial charge in [0.15, 0.2) is 11.9 Å². The quantitative estimate of drug-likeness (QED) is 0.358. The number of nitrogen functional groups attached to an aromatic ring is 1. The molecule has 11 heteroatoms. The summed E-state index contributed by atoms with van der Waals surface area (Å²) in [6.45, 7) is -0.546. The van der Waals surface area contributed by atoms with Gasteiger partial charge < -0.3 is 35.5 Å². The second kappa shape index (κ2) is 5.31. The second-order valence-corrected chi connectivity index (χ2v) is 5.13. The largest absolute Gasteiger partial charge is 0.478 e. The predicted octanol–water partition coefficient (Wildman–Crippen LogP) is -2.38. The van der Waals surface area contributed by atoms with Gasteiger partial charge in [-0.15, -0.1) is 0 Å². The fourth-order valence-corrected chi connectivity index (χ4v) is 2.64. The van der Waals surface area contributed by atoms with Crippen LogP contribution < -0.4 is 11.3 Å². The van der Waals surface area contributed by atoms with Crippen LogP contribution in [0.5, 0.6) is 0 Å². The molecule has 2 aromatic rings. The Labute approximate surface area is 127 Å². The smallest absolute Gasteiger partial charge is 0.338 e. The molecule has 124 valence electrons. The summed E-state index contributed by atoms with van der Waals surface area (Å²) in [6.07, 6.45) is -4.05. The first kappa shape index (κ1) is 15.4. The van der Waals surface area contributed by atoms with Crippen LogP contribution >= 0.6 is 0 Å². The van der Waals surface area contributed by atoms with E-state index in [0.717, 1.165) is 10.8 Å². The van der Waals surface area contributed by atoms with Crippen molar-refractivity contribution in [2.24, 2.45) is 0 Å². The molecule has 1 fully saturated rings. The van der Waals surface area contributed by atoms with Gasteiger partial charge in [-0.05, 0) is 0 Å². The number of carboxylic acid groups (broad SMARTS) is 1. The molecule has 23 heavy (non-hydrogen) atoms. The molecule has 2 aromatic heterocycles. The molecule has 1 saturated heterocycles. The van der Waals surface area contributed by atoms with E-state index < -0.39 is 42.7 Å². The Kier molecular flexibility index (Phi) is 3.56. The number of aromatic nitrogens is 3. The zero-order valence-electron chi connectivity index (χ0n) is 11.6. The first-order valence-corrected chi connectivity index (χ1v) is 6.61. The third kappa shape index (κ3) is 2.26. The first-order chi connectivity index (χ1) is 10.8. The Balaban J connectivity index is 2.23. The highest BCUT2D eigenvalue weighted by molar-refractivity contribution is 6.02. The predicted molar refractivity (Wildman–Crippen MR) is 74.7 cm³/mol. The molecule has 0 radical (unpaired) electrons. The van der Waals surface area contributed by atoms with Gasteiger partial charge in [0.25, 0.3) is 5.56 Å². The van der Waals surface area contributed by atoms with E-state index in [-0.39, 0.29) is 22.5 Å². The van der Waals surface area contributed by atoms with Gasteiger partial charge in [0.2, 0.25) is 5.95 Å². The lowest BCUT2D eigenvalue weighted by Gasteiger charge is -2.17. The minimum absolute atomic E-state index is 0.113. The third-order valence-corrected chi connectivity index (χ3v) is 3.72. The molecule has 3 heterocycles. The van der Waals surface area contributed by atoms with E-state index in [9.17, 15) is 24.9 Å². The van der Waals surface area contributed by atoms with Gasteiger partial charge in [0.1, 0.15) is 18.3 Å². The Morgan fingerprint density at radius 1 is 1.43 bits per heavy atom. The van der Waals surface area contributed by atoms with Crippen LogP contribution in [-0.4, -0.2) is 65.8 Å². The van der Waals surface area contributed by atoms with Gasteiger partial charge >= 0.3 is 5.97 Å². The topological polar surface area (TPSA) is 184 Å². The molecule has 0 saturated carbocycles. The Hall–Kier alpha value is -2.47. The van der Waals surface area contributed by atoms with Crippen LogP contribution in [0.3, 0.4) is 0 Å². The molecule has 1 aliphatic rings. The summed E-state index contributed by atoms with van der Waals surface area (Å²) in [5.74, 6) is -1.62. The van der Waals surface area contributed by atoms with Crippen LogP contribution in [-0.2, 0) is 4.74 Å². The molecule has 0 bridgehead atoms. The number of nitrogens with zero attached hydrogens (tertiary/aromatic N) is 2. The summed E-state index contributed by atoms with van der Waals surface area (Å²) < 4.78 is 6.43. The summed E-state index contributed by atoms with van der Waals surface area (Å²) in [5, 5.41) is 38.0. The average molecular weight is 326 g/mol. The molecule has 11 nitrogen and oxygen atoms in total. The molecule has 7 N–H and O–H groups in total. The zero-order chi connectivity index (χ0) is 16.9. The van der Waals surface area contributed by atoms with Crippen LogP contribution in [0.25, 0.3) is 11.0 Å². The average Bonchev–Trinajstić information content (AvgIpc) is 2.99. The monoisotopic (exact) mass is 326 g/mol. The number of aliphatic hydroxyl groups is 3. The van der Waals surface area contributed by atoms with E-state index in [2.05, 4.69) is 9.97 Å². The van der Waals surface area contributed by atoms with Crippen molar-refractivity contribution < 1.29 is 30.0 Å². The van der Waals surface area contributed by atoms with Crippen molar-refractivity contribution in [2.45, 2.75) is 24.5 Å². The lowest BCUT2D eigenvalue weighted by Crippen LogP contribution is -2.33. The number of H-pyrrole nitrogens is 1. The molecular formula is C12H14N4O7. The third-order valence-electron chi connectivity index (χ3n) is 3.72. The number of nitrogens with one attached hydrogen (secondary N) is 1. The van der Waals surface area contributed by atoms with Gasteiger partial charge in [-0.3, -0.25) is 9.78 Å². The highest BCUT2D eigenvalue weighted by Gasteiger charge is 2.44. The molecule has 4 atom stereocenters. The number of aliphatic hydroxyl groups excluding tert-OH is 3. The van der Waals surface area contributed by atoms with E-state index in [0.29, 0.717) is 0 Å². The standard InChI is InChI=1S/C12H14N4O7/c13-12-14-8-5(9(20)15-12)3(11(21)22)1-16(8)10-7(19)6(18)4(2-17)23-10/h1,4,6-7,10,17-19H,2H2,(H,21,22)(H3,13,14,15,20)/t4-,6-,7-,10-/m1/s1. The molecule has 1 aliphatic heterocycles. The number of hydrogen-bond donors (Lipinski definition) is 6. The molecular weight excluding hydrogens is 312 g/mol. The molecule has 0 aromatic carbocycles. The van der Waals surface area contributed by atoms with Crippen LogP contribution in [0, 0.1) is 0 Å². The summed E-state index contributed by atoms with van der Waals surface area (Å²) >= 11 is 0. The number of fused-ring (bicyclic) bond motifs is 1. The molecule has 0 aliphatic carbocycles. The SMILES string of the molecule is Nc1nc2c(c(C(=O)O)cn2[C@@H]2O[C@H](CO)[C@@H](O)[C@H]2O)c(=O)[nH]1. The van der Waals surface area contributed by atoms with Crippen molar-refractivity contribution in [1.29, 1.82) is 0 Å². The van der Waals surface area contributed by atoms with Gasteiger partial charge in [0.05, 0.1) is 17.6 Å². The van der Waals surface area contributed by atoms with Gasteiger partial charge in [-0.1, -0.05) is 0 Å². The number of carboxylic acids is 1. The number of carbonyl (C=O) groups is 1. The minimum Gasteiger partial charge on any atom is -0.478 e.